The van der Waals surface area contributed by atoms with Crippen LogP contribution in [0.25, 0.3) is 0 Å². The number of unbranched alkanes of at least 4 members (excludes halogenated alkanes) is 9. The van der Waals surface area contributed by atoms with E-state index in [0.717, 1.165) is 215 Å². The van der Waals surface area contributed by atoms with Gasteiger partial charge in [-0.2, -0.15) is 0 Å². The smallest absolute Gasteiger partial charge is 0.0827 e. The molecule has 0 spiro atoms. The Morgan fingerprint density at radius 2 is 0.374 bits per heavy atom. The van der Waals surface area contributed by atoms with Crippen LogP contribution in [0.15, 0.2) is 49.6 Å². The minimum atomic E-state index is 0.635. The lowest BCUT2D eigenvalue weighted by Crippen LogP contribution is -2.10. The monoisotopic (exact) mass is 1940 g/mol. The summed E-state index contributed by atoms with van der Waals surface area (Å²) in [5.41, 5.74) is 9.80. The van der Waals surface area contributed by atoms with E-state index in [1.165, 1.54) is 248 Å². The second kappa shape index (κ2) is 82.4. The zero-order valence-corrected chi connectivity index (χ0v) is 96.7. The van der Waals surface area contributed by atoms with Crippen LogP contribution in [0.4, 0.5) is 0 Å². The Hall–Kier alpha value is -6.88. The minimum absolute atomic E-state index is 0.635. The van der Waals surface area contributed by atoms with Crippen molar-refractivity contribution in [2.45, 2.75) is 550 Å². The predicted octanol–water partition coefficient (Wildman–Crippen LogP) is 30.7. The molecule has 8 rings (SSSR count). The molecule has 0 radical (unpaired) electrons. The van der Waals surface area contributed by atoms with Gasteiger partial charge in [-0.15, -0.1) is 40.8 Å². The number of nitrogens with zero attached hydrogens (tertiary/aromatic N) is 24. The van der Waals surface area contributed by atoms with E-state index in [4.69, 9.17) is 0 Å². The third kappa shape index (κ3) is 77.3. The molecule has 0 aromatic carbocycles. The summed E-state index contributed by atoms with van der Waals surface area (Å²) in [4.78, 5) is 0. The summed E-state index contributed by atoms with van der Waals surface area (Å²) in [6.45, 7) is 80.7. The van der Waals surface area contributed by atoms with Crippen molar-refractivity contribution in [3.8, 4) is 0 Å². The fourth-order valence-corrected chi connectivity index (χ4v) is 15.8. The summed E-state index contributed by atoms with van der Waals surface area (Å²) in [6, 6.07) is 0. The van der Waals surface area contributed by atoms with Gasteiger partial charge >= 0.3 is 0 Å². The van der Waals surface area contributed by atoms with Crippen LogP contribution in [-0.4, -0.2) is 120 Å². The summed E-state index contributed by atoms with van der Waals surface area (Å²) < 4.78 is 16.3. The molecule has 0 saturated carbocycles. The molecule has 8 aromatic rings. The summed E-state index contributed by atoms with van der Waals surface area (Å²) in [5.74, 6) is 12.5. The summed E-state index contributed by atoms with van der Waals surface area (Å²) >= 11 is 0. The van der Waals surface area contributed by atoms with E-state index in [1.54, 1.807) is 0 Å². The molecule has 0 aliphatic rings. The molecule has 0 fully saturated rings. The van der Waals surface area contributed by atoms with Gasteiger partial charge in [-0.05, 0) is 249 Å². The molecule has 24 nitrogen and oxygen atoms in total. The Morgan fingerprint density at radius 1 is 0.165 bits per heavy atom. The molecule has 0 unspecified atom stereocenters. The Kier molecular flexibility index (Phi) is 77.2. The quantitative estimate of drug-likeness (QED) is 0.0322. The van der Waals surface area contributed by atoms with Crippen LogP contribution in [0, 0.1) is 94.7 Å². The SMILES string of the molecule is CC(C)CCCCc1cn(CCC(C)C)nn1.CC(C)CCCCc1cnnn1CC(C)C.CC(C)CCCCc1cnnn1CCC(C)C.CC(C)CCCCc1cnnn1CCCCC(C)C.CC(C)CCCCc1cnnn1CCCCC(C)C.CC(C)CCCCn1cc(CCC(C)C)nn1.CC(C)CCCCn1cc(CCC(C)C)nn1.CC(C)CCCc1cn(CCCC(C)C)nn1. The third-order valence-corrected chi connectivity index (χ3v) is 24.8. The first-order chi connectivity index (χ1) is 66.2. The van der Waals surface area contributed by atoms with E-state index in [0.29, 0.717) is 5.92 Å². The molecule has 8 aromatic heterocycles. The summed E-state index contributed by atoms with van der Waals surface area (Å²) in [7, 11) is 0. The van der Waals surface area contributed by atoms with Crippen molar-refractivity contribution in [1.82, 2.24) is 120 Å². The average molecular weight is 1940 g/mol. The Balaban J connectivity index is 0.000000795. The van der Waals surface area contributed by atoms with Crippen molar-refractivity contribution >= 4 is 0 Å². The van der Waals surface area contributed by atoms with Gasteiger partial charge < -0.3 is 0 Å². The van der Waals surface area contributed by atoms with Crippen molar-refractivity contribution in [3.63, 3.8) is 0 Å². The van der Waals surface area contributed by atoms with Crippen LogP contribution >= 0.6 is 0 Å². The van der Waals surface area contributed by atoms with Crippen LogP contribution in [0.1, 0.15) is 492 Å². The second-order valence-electron chi connectivity index (χ2n) is 47.3. The van der Waals surface area contributed by atoms with Gasteiger partial charge in [-0.25, -0.2) is 18.7 Å². The number of aromatic nitrogens is 24. The Bertz CT molecular complexity index is 3660. The Labute approximate surface area is 854 Å². The van der Waals surface area contributed by atoms with Gasteiger partial charge in [-0.3, -0.25) is 18.7 Å². The average Bonchev–Trinajstić information content (AvgIpc) is 1.75. The van der Waals surface area contributed by atoms with E-state index < -0.39 is 0 Å². The maximum Gasteiger partial charge on any atom is 0.0827 e. The van der Waals surface area contributed by atoms with E-state index in [-0.39, 0.29) is 0 Å². The molecule has 0 bridgehead atoms. The van der Waals surface area contributed by atoms with Gasteiger partial charge in [0.15, 0.2) is 0 Å². The molecule has 139 heavy (non-hydrogen) atoms. The molecule has 802 valence electrons. The van der Waals surface area contributed by atoms with Gasteiger partial charge in [0.05, 0.1) is 70.3 Å². The third-order valence-electron chi connectivity index (χ3n) is 24.8. The van der Waals surface area contributed by atoms with Crippen LogP contribution in [0.3, 0.4) is 0 Å². The summed E-state index contributed by atoms with van der Waals surface area (Å²) in [5, 5.41) is 66.5. The lowest BCUT2D eigenvalue weighted by molar-refractivity contribution is 0.452. The summed E-state index contributed by atoms with van der Waals surface area (Å²) in [6.07, 6.45) is 69.4. The molecule has 0 amide bonds. The first kappa shape index (κ1) is 130. The van der Waals surface area contributed by atoms with Crippen LogP contribution in [-0.2, 0) is 104 Å². The highest BCUT2D eigenvalue weighted by Gasteiger charge is 2.14. The largest absolute Gasteiger partial charge is 0.252 e. The maximum absolute atomic E-state index is 4.22. The highest BCUT2D eigenvalue weighted by Crippen LogP contribution is 2.21. The lowest BCUT2D eigenvalue weighted by atomic mass is 10.0. The van der Waals surface area contributed by atoms with Crippen molar-refractivity contribution in [2.24, 2.45) is 94.7 Å². The lowest BCUT2D eigenvalue weighted by Gasteiger charge is -2.08. The van der Waals surface area contributed by atoms with Crippen LogP contribution < -0.4 is 0 Å². The van der Waals surface area contributed by atoms with E-state index >= 15 is 0 Å². The number of hydrogen-bond donors (Lipinski definition) is 0. The van der Waals surface area contributed by atoms with E-state index in [2.05, 4.69) is 348 Å². The molecule has 0 aliphatic heterocycles. The fourth-order valence-electron chi connectivity index (χ4n) is 15.8. The first-order valence-electron chi connectivity index (χ1n) is 57.2. The van der Waals surface area contributed by atoms with Gasteiger partial charge in [0.2, 0.25) is 0 Å². The molecule has 0 saturated heterocycles. The zero-order valence-electron chi connectivity index (χ0n) is 96.7. The van der Waals surface area contributed by atoms with Crippen molar-refractivity contribution in [2.75, 3.05) is 0 Å². The standard InChI is InChI=1S/2C16H31N3.5C14H27N3.C13H25N3/c2*1-14(2)9-5-6-11-16-13-17-18-19(16)12-8-7-10-15(3)4;1-12(2)7-5-9-14-11-17(16-15-14)10-6-8-13(3)4;2*1-12(2)7-5-6-10-17-11-14(15-16-17)9-8-13(3)4;1-12(2)7-5-6-8-14-11-17(16-15-14)10-9-13(3)4;1-12(2)7-5-6-8-14-11-15-16-17(14)10-9-13(3)4;1-11(2)7-5-6-8-13-9-14-15-16(13)10-12(3)4/h2*13-15H,5-12H2,1-4H3;5*11-13H,5-10H2,1-4H3;9,11-12H,5-8,10H2,1-4H3. The minimum Gasteiger partial charge on any atom is -0.252 e. The Morgan fingerprint density at radius 3 is 0.662 bits per heavy atom. The highest BCUT2D eigenvalue weighted by atomic mass is 15.5. The molecular weight excluding hydrogens is 1720 g/mol. The van der Waals surface area contributed by atoms with Gasteiger partial charge in [0.25, 0.3) is 0 Å². The molecule has 0 atom stereocenters. The molecule has 0 N–H and O–H groups in total. The van der Waals surface area contributed by atoms with E-state index in [1.807, 2.05) is 43.5 Å². The topological polar surface area (TPSA) is 246 Å². The highest BCUT2D eigenvalue weighted by molar-refractivity contribution is 4.99. The van der Waals surface area contributed by atoms with Crippen molar-refractivity contribution in [1.29, 1.82) is 0 Å². The van der Waals surface area contributed by atoms with Gasteiger partial charge in [0.1, 0.15) is 0 Å². The number of aryl methyl sites for hydroxylation is 15. The van der Waals surface area contributed by atoms with Crippen LogP contribution in [0.2, 0.25) is 0 Å². The fraction of sp³-hybridized carbons (Fsp3) is 0.861. The number of rotatable bonds is 67. The molecule has 8 heterocycles. The maximum atomic E-state index is 4.22. The first-order valence-corrected chi connectivity index (χ1v) is 57.2. The molecule has 24 heteroatoms. The number of hydrogen-bond acceptors (Lipinski definition) is 16. The van der Waals surface area contributed by atoms with Crippen molar-refractivity contribution < 1.29 is 0 Å². The van der Waals surface area contributed by atoms with E-state index in [9.17, 15) is 0 Å². The second-order valence-corrected chi connectivity index (χ2v) is 47.3. The van der Waals surface area contributed by atoms with Crippen LogP contribution in [0.5, 0.6) is 0 Å². The van der Waals surface area contributed by atoms with Gasteiger partial charge in [0, 0.05) is 77.1 Å². The molecular formula is C115H222N24. The normalized spacial score (nSPS) is 11.7. The van der Waals surface area contributed by atoms with Crippen molar-refractivity contribution in [3.05, 3.63) is 95.1 Å². The zero-order chi connectivity index (χ0) is 104. The van der Waals surface area contributed by atoms with Gasteiger partial charge in [-0.1, -0.05) is 385 Å². The molecule has 0 aliphatic carbocycles. The predicted molar refractivity (Wildman–Crippen MR) is 589 cm³/mol.